The van der Waals surface area contributed by atoms with E-state index in [0.717, 1.165) is 34.3 Å². The topological polar surface area (TPSA) is 93.2 Å². The van der Waals surface area contributed by atoms with Crippen molar-refractivity contribution in [2.45, 2.75) is 39.3 Å². The number of fused-ring (bicyclic) bond motifs is 1. The number of aryl methyl sites for hydroxylation is 3. The van der Waals surface area contributed by atoms with Crippen molar-refractivity contribution >= 4 is 16.9 Å². The van der Waals surface area contributed by atoms with Gasteiger partial charge in [-0.2, -0.15) is 0 Å². The summed E-state index contributed by atoms with van der Waals surface area (Å²) in [7, 11) is 0. The van der Waals surface area contributed by atoms with E-state index in [0.29, 0.717) is 24.4 Å². The number of hydrogen-bond donors (Lipinski definition) is 3. The molecule has 3 aromatic rings. The Hall–Kier alpha value is -2.84. The number of benzene rings is 2. The zero-order valence-electron chi connectivity index (χ0n) is 15.7. The van der Waals surface area contributed by atoms with Gasteiger partial charge in [-0.1, -0.05) is 6.07 Å². The molecule has 6 nitrogen and oxygen atoms in total. The largest absolute Gasteiger partial charge is 0.323 e. The van der Waals surface area contributed by atoms with Crippen molar-refractivity contribution in [2.24, 2.45) is 5.73 Å². The van der Waals surface area contributed by atoms with Gasteiger partial charge in [-0.05, 0) is 61.2 Å². The number of carbonyl (C=O) groups excluding carboxylic acids is 1. The van der Waals surface area contributed by atoms with E-state index in [9.17, 15) is 13.6 Å². The number of hydroxylamine groups is 1. The fourth-order valence-electron chi connectivity index (χ4n) is 3.12. The number of imidazole rings is 1. The first-order chi connectivity index (χ1) is 13.3. The zero-order valence-corrected chi connectivity index (χ0v) is 15.7. The molecule has 0 aliphatic heterocycles. The van der Waals surface area contributed by atoms with Gasteiger partial charge in [0, 0.05) is 13.0 Å². The van der Waals surface area contributed by atoms with E-state index in [2.05, 4.69) is 4.98 Å². The summed E-state index contributed by atoms with van der Waals surface area (Å²) < 4.78 is 28.8. The van der Waals surface area contributed by atoms with Crippen molar-refractivity contribution in [1.82, 2.24) is 15.0 Å². The van der Waals surface area contributed by atoms with Gasteiger partial charge in [0.1, 0.15) is 5.82 Å². The van der Waals surface area contributed by atoms with Crippen LogP contribution in [-0.2, 0) is 17.8 Å². The molecule has 4 N–H and O–H groups in total. The summed E-state index contributed by atoms with van der Waals surface area (Å²) in [5, 5.41) is 8.71. The quantitative estimate of drug-likeness (QED) is 0.447. The molecule has 1 amide bonds. The molecular formula is C20H22F2N4O2. The summed E-state index contributed by atoms with van der Waals surface area (Å²) in [6.45, 7) is 4.28. The molecule has 0 aliphatic carbocycles. The summed E-state index contributed by atoms with van der Waals surface area (Å²) in [5.74, 6) is -1.80. The molecule has 1 heterocycles. The molecule has 148 valence electrons. The Morgan fingerprint density at radius 1 is 1.21 bits per heavy atom. The third kappa shape index (κ3) is 4.02. The Balaban J connectivity index is 2.00. The van der Waals surface area contributed by atoms with Crippen molar-refractivity contribution in [3.63, 3.8) is 0 Å². The monoisotopic (exact) mass is 388 g/mol. The first-order valence-corrected chi connectivity index (χ1v) is 8.90. The van der Waals surface area contributed by atoms with E-state index in [-0.39, 0.29) is 6.42 Å². The van der Waals surface area contributed by atoms with E-state index in [1.54, 1.807) is 5.48 Å². The summed E-state index contributed by atoms with van der Waals surface area (Å²) in [6.07, 6.45) is 0.649. The van der Waals surface area contributed by atoms with Gasteiger partial charge in [0.15, 0.2) is 11.6 Å². The second-order valence-corrected chi connectivity index (χ2v) is 6.91. The van der Waals surface area contributed by atoms with E-state index >= 15 is 0 Å². The molecule has 1 atom stereocenters. The normalized spacial score (nSPS) is 12.4. The van der Waals surface area contributed by atoms with Crippen molar-refractivity contribution in [3.05, 3.63) is 64.5 Å². The minimum atomic E-state index is -0.905. The van der Waals surface area contributed by atoms with Gasteiger partial charge in [0.25, 0.3) is 5.91 Å². The lowest BCUT2D eigenvalue weighted by atomic mass is 10.1. The number of amides is 1. The fourth-order valence-corrected chi connectivity index (χ4v) is 3.12. The summed E-state index contributed by atoms with van der Waals surface area (Å²) in [6, 6.07) is 6.87. The number of rotatable bonds is 6. The number of halogens is 2. The van der Waals surface area contributed by atoms with Gasteiger partial charge in [-0.15, -0.1) is 0 Å². The Kier molecular flexibility index (Phi) is 5.71. The standard InChI is InChI=1S/C20H22F2N4O2/c1-11-7-17-18(8-12(11)2)26(10-13-3-4-14(21)15(22)9-13)19(24-17)6-5-16(23)20(27)25-28/h3-4,7-9,16,28H,5-6,10,23H2,1-2H3,(H,25,27). The maximum Gasteiger partial charge on any atom is 0.260 e. The number of carbonyl (C=O) groups is 1. The van der Waals surface area contributed by atoms with E-state index in [4.69, 9.17) is 10.9 Å². The highest BCUT2D eigenvalue weighted by atomic mass is 19.2. The molecule has 8 heteroatoms. The summed E-state index contributed by atoms with van der Waals surface area (Å²) >= 11 is 0. The summed E-state index contributed by atoms with van der Waals surface area (Å²) in [5.41, 5.74) is 11.7. The van der Waals surface area contributed by atoms with Crippen LogP contribution in [-0.4, -0.2) is 26.7 Å². The molecule has 1 aromatic heterocycles. The molecule has 3 rings (SSSR count). The summed E-state index contributed by atoms with van der Waals surface area (Å²) in [4.78, 5) is 16.1. The molecule has 0 bridgehead atoms. The van der Waals surface area contributed by atoms with Crippen LogP contribution >= 0.6 is 0 Å². The Bertz CT molecular complexity index is 1030. The van der Waals surface area contributed by atoms with Crippen LogP contribution in [0.3, 0.4) is 0 Å². The molecule has 0 saturated heterocycles. The van der Waals surface area contributed by atoms with Crippen molar-refractivity contribution < 1.29 is 18.8 Å². The van der Waals surface area contributed by atoms with Gasteiger partial charge in [-0.3, -0.25) is 10.0 Å². The maximum absolute atomic E-state index is 13.6. The highest BCUT2D eigenvalue weighted by Gasteiger charge is 2.17. The fraction of sp³-hybridized carbons (Fsp3) is 0.300. The lowest BCUT2D eigenvalue weighted by Gasteiger charge is -2.12. The Labute approximate surface area is 160 Å². The van der Waals surface area contributed by atoms with Crippen LogP contribution in [0.2, 0.25) is 0 Å². The Morgan fingerprint density at radius 3 is 2.61 bits per heavy atom. The van der Waals surface area contributed by atoms with Gasteiger partial charge >= 0.3 is 0 Å². The third-order valence-corrected chi connectivity index (χ3v) is 4.89. The Morgan fingerprint density at radius 2 is 1.93 bits per heavy atom. The number of nitrogens with two attached hydrogens (primary N) is 1. The number of nitrogens with zero attached hydrogens (tertiary/aromatic N) is 2. The molecule has 0 aliphatic rings. The number of nitrogens with one attached hydrogen (secondary N) is 1. The lowest BCUT2D eigenvalue weighted by molar-refractivity contribution is -0.130. The van der Waals surface area contributed by atoms with Gasteiger partial charge < -0.3 is 10.3 Å². The highest BCUT2D eigenvalue weighted by molar-refractivity contribution is 5.80. The number of hydrogen-bond acceptors (Lipinski definition) is 4. The van der Waals surface area contributed by atoms with Gasteiger partial charge in [0.05, 0.1) is 17.1 Å². The zero-order chi connectivity index (χ0) is 20.4. The molecule has 0 spiro atoms. The van der Waals surface area contributed by atoms with Crippen molar-refractivity contribution in [2.75, 3.05) is 0 Å². The third-order valence-electron chi connectivity index (χ3n) is 4.89. The first kappa shape index (κ1) is 19.9. The SMILES string of the molecule is Cc1cc2nc(CCC(N)C(=O)NO)n(Cc3ccc(F)c(F)c3)c2cc1C. The average Bonchev–Trinajstić information content (AvgIpc) is 2.98. The van der Waals surface area contributed by atoms with Crippen LogP contribution in [0.25, 0.3) is 11.0 Å². The van der Waals surface area contributed by atoms with Crippen molar-refractivity contribution in [3.8, 4) is 0 Å². The highest BCUT2D eigenvalue weighted by Crippen LogP contribution is 2.23. The number of aromatic nitrogens is 2. The maximum atomic E-state index is 13.6. The molecule has 28 heavy (non-hydrogen) atoms. The first-order valence-electron chi connectivity index (χ1n) is 8.90. The predicted molar refractivity (Wildman–Crippen MR) is 101 cm³/mol. The second kappa shape index (κ2) is 8.04. The van der Waals surface area contributed by atoms with Crippen LogP contribution in [0.4, 0.5) is 8.78 Å². The van der Waals surface area contributed by atoms with Crippen LogP contribution in [0.5, 0.6) is 0 Å². The van der Waals surface area contributed by atoms with Crippen molar-refractivity contribution in [1.29, 1.82) is 0 Å². The van der Waals surface area contributed by atoms with E-state index in [1.165, 1.54) is 6.07 Å². The lowest BCUT2D eigenvalue weighted by Crippen LogP contribution is -2.39. The molecule has 0 radical (unpaired) electrons. The van der Waals surface area contributed by atoms with Crippen LogP contribution in [0.1, 0.15) is 28.9 Å². The average molecular weight is 388 g/mol. The predicted octanol–water partition coefficient (Wildman–Crippen LogP) is 2.74. The van der Waals surface area contributed by atoms with Crippen LogP contribution in [0, 0.1) is 25.5 Å². The van der Waals surface area contributed by atoms with E-state index < -0.39 is 23.6 Å². The molecule has 1 unspecified atom stereocenters. The molecule has 2 aromatic carbocycles. The molecular weight excluding hydrogens is 366 g/mol. The molecule has 0 fully saturated rings. The van der Waals surface area contributed by atoms with Gasteiger partial charge in [0.2, 0.25) is 0 Å². The minimum absolute atomic E-state index is 0.269. The molecule has 0 saturated carbocycles. The minimum Gasteiger partial charge on any atom is -0.323 e. The second-order valence-electron chi connectivity index (χ2n) is 6.91. The van der Waals surface area contributed by atoms with Crippen LogP contribution in [0.15, 0.2) is 30.3 Å². The van der Waals surface area contributed by atoms with E-state index in [1.807, 2.05) is 30.5 Å². The van der Waals surface area contributed by atoms with Crippen LogP contribution < -0.4 is 11.2 Å². The van der Waals surface area contributed by atoms with Gasteiger partial charge in [-0.25, -0.2) is 19.2 Å². The smallest absolute Gasteiger partial charge is 0.260 e.